The first-order valence-electron chi connectivity index (χ1n) is 11.7. The molecule has 2 aromatic carbocycles. The number of aromatic nitrogens is 2. The fourth-order valence-electron chi connectivity index (χ4n) is 4.51. The maximum atomic E-state index is 12.8. The van der Waals surface area contributed by atoms with Crippen LogP contribution in [0.2, 0.25) is 0 Å². The highest BCUT2D eigenvalue weighted by Gasteiger charge is 2.41. The highest BCUT2D eigenvalue weighted by molar-refractivity contribution is 7.80. The minimum Gasteiger partial charge on any atom is -0.352 e. The number of nitrogens with zero attached hydrogens (tertiary/aromatic N) is 3. The van der Waals surface area contributed by atoms with Crippen molar-refractivity contribution in [2.45, 2.75) is 25.4 Å². The van der Waals surface area contributed by atoms with Crippen molar-refractivity contribution < 1.29 is 4.79 Å². The largest absolute Gasteiger partial charge is 0.352 e. The normalized spacial score (nSPS) is 17.3. The third-order valence-corrected chi connectivity index (χ3v) is 6.58. The average molecular weight is 482 g/mol. The Morgan fingerprint density at radius 3 is 2.51 bits per heavy atom. The summed E-state index contributed by atoms with van der Waals surface area (Å²) in [7, 11) is 0. The molecule has 5 rings (SSSR count). The van der Waals surface area contributed by atoms with E-state index >= 15 is 0 Å². The van der Waals surface area contributed by atoms with Crippen LogP contribution in [-0.2, 0) is 4.79 Å². The lowest BCUT2D eigenvalue weighted by atomic mass is 10.0. The van der Waals surface area contributed by atoms with Crippen LogP contribution in [0.3, 0.4) is 0 Å². The Labute approximate surface area is 210 Å². The number of carbonyl (C=O) groups is 1. The van der Waals surface area contributed by atoms with Crippen LogP contribution in [0.5, 0.6) is 0 Å². The number of aryl methyl sites for hydroxylation is 1. The van der Waals surface area contributed by atoms with Crippen molar-refractivity contribution in [2.75, 3.05) is 11.9 Å². The van der Waals surface area contributed by atoms with Crippen LogP contribution < -0.4 is 10.6 Å². The van der Waals surface area contributed by atoms with E-state index in [9.17, 15) is 4.79 Å². The molecule has 1 saturated heterocycles. The fourth-order valence-corrected chi connectivity index (χ4v) is 4.84. The smallest absolute Gasteiger partial charge is 0.226 e. The quantitative estimate of drug-likeness (QED) is 0.356. The SMILES string of the molecule is Cc1ccc(NC(=O)CCN2C(=S)N[C@H](c3ccccn3)[C@H]2c2cccn2-c2ccccc2)cc1. The maximum absolute atomic E-state index is 12.8. The van der Waals surface area contributed by atoms with Crippen molar-refractivity contribution >= 4 is 28.9 Å². The highest BCUT2D eigenvalue weighted by atomic mass is 32.1. The molecule has 0 unspecified atom stereocenters. The van der Waals surface area contributed by atoms with Gasteiger partial charge in [0.05, 0.1) is 17.8 Å². The van der Waals surface area contributed by atoms with Gasteiger partial charge in [-0.1, -0.05) is 42.0 Å². The van der Waals surface area contributed by atoms with Gasteiger partial charge in [0.1, 0.15) is 0 Å². The Morgan fingerprint density at radius 2 is 1.77 bits per heavy atom. The second kappa shape index (κ2) is 10.1. The van der Waals surface area contributed by atoms with E-state index in [1.807, 2.05) is 73.7 Å². The van der Waals surface area contributed by atoms with E-state index in [0.29, 0.717) is 18.1 Å². The van der Waals surface area contributed by atoms with Gasteiger partial charge < -0.3 is 20.1 Å². The van der Waals surface area contributed by atoms with E-state index in [2.05, 4.69) is 49.5 Å². The molecule has 0 aliphatic carbocycles. The van der Waals surface area contributed by atoms with Crippen LogP contribution in [0.4, 0.5) is 5.69 Å². The zero-order valence-corrected chi connectivity index (χ0v) is 20.3. The van der Waals surface area contributed by atoms with E-state index in [0.717, 1.165) is 28.3 Å². The molecule has 1 aliphatic rings. The molecule has 0 spiro atoms. The van der Waals surface area contributed by atoms with E-state index in [4.69, 9.17) is 12.2 Å². The summed E-state index contributed by atoms with van der Waals surface area (Å²) in [6, 6.07) is 27.8. The number of pyridine rings is 1. The van der Waals surface area contributed by atoms with Gasteiger partial charge in [0.25, 0.3) is 0 Å². The van der Waals surface area contributed by atoms with Crippen LogP contribution in [0, 0.1) is 6.92 Å². The number of thiocarbonyl (C=S) groups is 1. The Bertz CT molecular complexity index is 1300. The predicted molar refractivity (Wildman–Crippen MR) is 142 cm³/mol. The van der Waals surface area contributed by atoms with E-state index in [-0.39, 0.29) is 18.0 Å². The maximum Gasteiger partial charge on any atom is 0.226 e. The molecule has 0 radical (unpaired) electrons. The Morgan fingerprint density at radius 1 is 1.00 bits per heavy atom. The average Bonchev–Trinajstić information content (AvgIpc) is 3.49. The minimum absolute atomic E-state index is 0.0462. The van der Waals surface area contributed by atoms with Crippen LogP contribution in [0.15, 0.2) is 97.3 Å². The lowest BCUT2D eigenvalue weighted by Gasteiger charge is -2.28. The molecule has 6 nitrogen and oxygen atoms in total. The predicted octanol–water partition coefficient (Wildman–Crippen LogP) is 5.18. The van der Waals surface area contributed by atoms with Gasteiger partial charge in [-0.3, -0.25) is 9.78 Å². The molecule has 176 valence electrons. The highest BCUT2D eigenvalue weighted by Crippen LogP contribution is 2.39. The number of nitrogens with one attached hydrogen (secondary N) is 2. The van der Waals surface area contributed by atoms with E-state index < -0.39 is 0 Å². The molecular weight excluding hydrogens is 454 g/mol. The van der Waals surface area contributed by atoms with Crippen LogP contribution in [0.25, 0.3) is 5.69 Å². The second-order valence-electron chi connectivity index (χ2n) is 8.62. The molecule has 0 saturated carbocycles. The first-order valence-corrected chi connectivity index (χ1v) is 12.1. The summed E-state index contributed by atoms with van der Waals surface area (Å²) in [5, 5.41) is 7.08. The minimum atomic E-state index is -0.138. The summed E-state index contributed by atoms with van der Waals surface area (Å²) in [5.74, 6) is -0.0462. The van der Waals surface area contributed by atoms with Crippen molar-refractivity contribution in [3.63, 3.8) is 0 Å². The molecule has 7 heteroatoms. The van der Waals surface area contributed by atoms with Crippen molar-refractivity contribution in [3.8, 4) is 5.69 Å². The molecule has 0 bridgehead atoms. The van der Waals surface area contributed by atoms with Crippen molar-refractivity contribution in [2.24, 2.45) is 0 Å². The summed E-state index contributed by atoms with van der Waals surface area (Å²) >= 11 is 5.77. The third-order valence-electron chi connectivity index (χ3n) is 6.23. The number of para-hydroxylation sites is 1. The molecule has 1 amide bonds. The number of benzene rings is 2. The Hall–Kier alpha value is -3.97. The molecular formula is C28H27N5OS. The second-order valence-corrected chi connectivity index (χ2v) is 9.01. The molecule has 4 aromatic rings. The van der Waals surface area contributed by atoms with Gasteiger partial charge in [-0.2, -0.15) is 0 Å². The zero-order chi connectivity index (χ0) is 24.2. The standard InChI is InChI=1S/C28H27N5OS/c1-20-12-14-21(15-13-20)30-25(34)16-19-33-27(26(31-28(33)35)23-10-5-6-17-29-23)24-11-7-18-32(24)22-8-3-2-4-9-22/h2-15,17-18,26-27H,16,19H2,1H3,(H,30,34)(H,31,35)/t26-,27-/m1/s1. The summed E-state index contributed by atoms with van der Waals surface area (Å²) < 4.78 is 2.18. The molecule has 2 aromatic heterocycles. The lowest BCUT2D eigenvalue weighted by molar-refractivity contribution is -0.116. The van der Waals surface area contributed by atoms with Crippen molar-refractivity contribution in [1.29, 1.82) is 0 Å². The molecule has 3 heterocycles. The number of amides is 1. The van der Waals surface area contributed by atoms with Crippen LogP contribution in [0.1, 0.15) is 35.5 Å². The monoisotopic (exact) mass is 481 g/mol. The van der Waals surface area contributed by atoms with Crippen LogP contribution in [-0.4, -0.2) is 32.0 Å². The Kier molecular flexibility index (Phi) is 6.59. The summed E-state index contributed by atoms with van der Waals surface area (Å²) in [4.78, 5) is 19.5. The summed E-state index contributed by atoms with van der Waals surface area (Å²) in [5.41, 5.74) is 5.01. The fraction of sp³-hybridized carbons (Fsp3) is 0.179. The van der Waals surface area contributed by atoms with Gasteiger partial charge in [0.2, 0.25) is 5.91 Å². The molecule has 2 atom stereocenters. The van der Waals surface area contributed by atoms with Crippen molar-refractivity contribution in [3.05, 3.63) is 114 Å². The number of hydrogen-bond donors (Lipinski definition) is 2. The molecule has 1 aliphatic heterocycles. The number of hydrogen-bond acceptors (Lipinski definition) is 3. The Balaban J connectivity index is 1.42. The first-order chi connectivity index (χ1) is 17.1. The first kappa shape index (κ1) is 22.8. The van der Waals surface area contributed by atoms with Gasteiger partial charge >= 0.3 is 0 Å². The number of anilines is 1. The topological polar surface area (TPSA) is 62.2 Å². The van der Waals surface area contributed by atoms with Gasteiger partial charge in [0, 0.05) is 42.4 Å². The van der Waals surface area contributed by atoms with Gasteiger partial charge in [-0.05, 0) is 67.7 Å². The van der Waals surface area contributed by atoms with E-state index in [1.165, 1.54) is 0 Å². The lowest BCUT2D eigenvalue weighted by Crippen LogP contribution is -2.33. The van der Waals surface area contributed by atoms with Gasteiger partial charge in [-0.15, -0.1) is 0 Å². The third kappa shape index (κ3) is 4.95. The van der Waals surface area contributed by atoms with Crippen LogP contribution >= 0.6 is 12.2 Å². The van der Waals surface area contributed by atoms with Crippen molar-refractivity contribution in [1.82, 2.24) is 19.8 Å². The summed E-state index contributed by atoms with van der Waals surface area (Å²) in [6.45, 7) is 2.51. The number of rotatable bonds is 7. The van der Waals surface area contributed by atoms with Gasteiger partial charge in [0.15, 0.2) is 5.11 Å². The van der Waals surface area contributed by atoms with E-state index in [1.54, 1.807) is 6.20 Å². The number of carbonyl (C=O) groups excluding carboxylic acids is 1. The molecule has 2 N–H and O–H groups in total. The summed E-state index contributed by atoms with van der Waals surface area (Å²) in [6.07, 6.45) is 4.17. The molecule has 1 fully saturated rings. The molecule has 35 heavy (non-hydrogen) atoms. The van der Waals surface area contributed by atoms with Gasteiger partial charge in [-0.25, -0.2) is 0 Å². The zero-order valence-electron chi connectivity index (χ0n) is 19.5.